The van der Waals surface area contributed by atoms with E-state index in [1.54, 1.807) is 0 Å². The molecule has 2 heterocycles. The molecule has 1 aliphatic rings. The van der Waals surface area contributed by atoms with Crippen molar-refractivity contribution in [3.8, 4) is 5.75 Å². The summed E-state index contributed by atoms with van der Waals surface area (Å²) in [5.41, 5.74) is -1.69. The third kappa shape index (κ3) is 5.92. The van der Waals surface area contributed by atoms with Crippen molar-refractivity contribution >= 4 is 29.3 Å². The third-order valence-electron chi connectivity index (χ3n) is 4.28. The third-order valence-corrected chi connectivity index (χ3v) is 4.51. The highest BCUT2D eigenvalue weighted by Gasteiger charge is 2.38. The largest absolute Gasteiger partial charge is 0.437 e. The number of amides is 1. The number of ether oxygens (including phenoxy) is 2. The van der Waals surface area contributed by atoms with Gasteiger partial charge in [0.15, 0.2) is 11.4 Å². The molecule has 2 N–H and O–H groups in total. The number of aromatic nitrogens is 2. The van der Waals surface area contributed by atoms with E-state index in [1.165, 1.54) is 12.1 Å². The van der Waals surface area contributed by atoms with Gasteiger partial charge < -0.3 is 20.1 Å². The summed E-state index contributed by atoms with van der Waals surface area (Å²) in [4.78, 5) is 18.9. The van der Waals surface area contributed by atoms with Crippen molar-refractivity contribution in [2.75, 3.05) is 25.1 Å². The molecule has 1 aromatic heterocycles. The second kappa shape index (κ2) is 9.43. The van der Waals surface area contributed by atoms with E-state index in [-0.39, 0.29) is 23.2 Å². The summed E-state index contributed by atoms with van der Waals surface area (Å²) in [6.45, 7) is 1.38. The molecule has 2 aromatic rings. The van der Waals surface area contributed by atoms with Crippen molar-refractivity contribution in [1.82, 2.24) is 15.3 Å². The lowest BCUT2D eigenvalue weighted by Gasteiger charge is -2.22. The molecule has 1 aliphatic heterocycles. The van der Waals surface area contributed by atoms with Crippen LogP contribution in [-0.2, 0) is 10.9 Å². The minimum atomic E-state index is -4.94. The van der Waals surface area contributed by atoms with Crippen molar-refractivity contribution in [3.05, 3.63) is 40.9 Å². The first-order valence-electron chi connectivity index (χ1n) is 8.92. The van der Waals surface area contributed by atoms with Crippen molar-refractivity contribution in [1.29, 1.82) is 0 Å². The lowest BCUT2D eigenvalue weighted by molar-refractivity contribution is -0.142. The molecule has 0 bridgehead atoms. The minimum absolute atomic E-state index is 0.156. The van der Waals surface area contributed by atoms with Gasteiger partial charge in [-0.2, -0.15) is 13.2 Å². The molecular formula is C18H17ClF4N4O3. The predicted molar refractivity (Wildman–Crippen MR) is 99.3 cm³/mol. The van der Waals surface area contributed by atoms with E-state index in [2.05, 4.69) is 20.6 Å². The fraction of sp³-hybridized carbons (Fsp3) is 0.389. The number of hydrogen-bond acceptors (Lipinski definition) is 6. The van der Waals surface area contributed by atoms with Crippen LogP contribution in [-0.4, -0.2) is 35.8 Å². The maximum Gasteiger partial charge on any atom is 0.437 e. The van der Waals surface area contributed by atoms with Crippen LogP contribution >= 0.6 is 11.6 Å². The maximum atomic E-state index is 13.8. The Kier molecular flexibility index (Phi) is 6.93. The average molecular weight is 449 g/mol. The fourth-order valence-corrected chi connectivity index (χ4v) is 2.91. The number of hydrogen-bond donors (Lipinski definition) is 2. The monoisotopic (exact) mass is 448 g/mol. The molecule has 12 heteroatoms. The highest BCUT2D eigenvalue weighted by atomic mass is 35.5. The number of nitrogens with one attached hydrogen (secondary N) is 2. The Hall–Kier alpha value is -2.66. The molecule has 0 saturated carbocycles. The van der Waals surface area contributed by atoms with Crippen LogP contribution in [0.3, 0.4) is 0 Å². The second-order valence-electron chi connectivity index (χ2n) is 6.48. The van der Waals surface area contributed by atoms with Gasteiger partial charge in [-0.25, -0.2) is 19.2 Å². The summed E-state index contributed by atoms with van der Waals surface area (Å²) in [7, 11) is 0. The number of halogens is 5. The molecule has 1 aromatic carbocycles. The Morgan fingerprint density at radius 1 is 1.30 bits per heavy atom. The molecular weight excluding hydrogens is 432 g/mol. The predicted octanol–water partition coefficient (Wildman–Crippen LogP) is 4.55. The van der Waals surface area contributed by atoms with Gasteiger partial charge in [-0.15, -0.1) is 0 Å². The summed E-state index contributed by atoms with van der Waals surface area (Å²) in [6, 6.07) is 3.48. The fourth-order valence-electron chi connectivity index (χ4n) is 2.74. The van der Waals surface area contributed by atoms with Gasteiger partial charge in [-0.05, 0) is 37.0 Å². The first-order chi connectivity index (χ1) is 14.2. The van der Waals surface area contributed by atoms with Gasteiger partial charge in [0.2, 0.25) is 5.95 Å². The number of rotatable bonds is 5. The summed E-state index contributed by atoms with van der Waals surface area (Å²) < 4.78 is 64.0. The van der Waals surface area contributed by atoms with Crippen LogP contribution in [0.2, 0.25) is 5.02 Å². The van der Waals surface area contributed by atoms with Gasteiger partial charge in [0.1, 0.15) is 5.82 Å². The van der Waals surface area contributed by atoms with E-state index in [0.29, 0.717) is 19.4 Å². The van der Waals surface area contributed by atoms with Crippen LogP contribution < -0.4 is 15.4 Å². The van der Waals surface area contributed by atoms with Crippen molar-refractivity contribution in [3.63, 3.8) is 0 Å². The van der Waals surface area contributed by atoms with Gasteiger partial charge in [-0.3, -0.25) is 0 Å². The number of benzene rings is 1. The lowest BCUT2D eigenvalue weighted by atomic mass is 10.0. The smallest absolute Gasteiger partial charge is 0.406 e. The molecule has 0 unspecified atom stereocenters. The van der Waals surface area contributed by atoms with Gasteiger partial charge in [0, 0.05) is 24.8 Å². The summed E-state index contributed by atoms with van der Waals surface area (Å²) in [5, 5.41) is 4.92. The first-order valence-corrected chi connectivity index (χ1v) is 9.30. The molecule has 30 heavy (non-hydrogen) atoms. The molecule has 0 radical (unpaired) electrons. The van der Waals surface area contributed by atoms with Crippen LogP contribution in [0.5, 0.6) is 5.75 Å². The van der Waals surface area contributed by atoms with Crippen LogP contribution in [0.25, 0.3) is 0 Å². The zero-order chi connectivity index (χ0) is 21.7. The zero-order valence-corrected chi connectivity index (χ0v) is 16.2. The van der Waals surface area contributed by atoms with Gasteiger partial charge >= 0.3 is 12.3 Å². The maximum absolute atomic E-state index is 13.8. The molecule has 1 fully saturated rings. The number of alkyl halides is 3. The van der Waals surface area contributed by atoms with E-state index in [0.717, 1.165) is 18.9 Å². The average Bonchev–Trinajstić information content (AvgIpc) is 2.70. The second-order valence-corrected chi connectivity index (χ2v) is 6.92. The highest BCUT2D eigenvalue weighted by molar-refractivity contribution is 6.30. The summed E-state index contributed by atoms with van der Waals surface area (Å²) in [5.74, 6) is -2.02. The molecule has 0 spiro atoms. The van der Waals surface area contributed by atoms with Crippen molar-refractivity contribution in [2.45, 2.75) is 19.0 Å². The minimum Gasteiger partial charge on any atom is -0.406 e. The molecule has 7 nitrogen and oxygen atoms in total. The van der Waals surface area contributed by atoms with E-state index >= 15 is 0 Å². The topological polar surface area (TPSA) is 85.4 Å². The quantitative estimate of drug-likeness (QED) is 0.653. The van der Waals surface area contributed by atoms with E-state index < -0.39 is 35.5 Å². The summed E-state index contributed by atoms with van der Waals surface area (Å²) >= 11 is 5.76. The van der Waals surface area contributed by atoms with E-state index in [1.807, 2.05) is 0 Å². The number of carbonyl (C=O) groups excluding carboxylic acids is 1. The van der Waals surface area contributed by atoms with Crippen LogP contribution in [0, 0.1) is 11.7 Å². The molecule has 1 amide bonds. The van der Waals surface area contributed by atoms with Crippen LogP contribution in [0.4, 0.5) is 34.0 Å². The number of anilines is 2. The van der Waals surface area contributed by atoms with Gasteiger partial charge in [0.05, 0.1) is 11.9 Å². The summed E-state index contributed by atoms with van der Waals surface area (Å²) in [6.07, 6.45) is -3.84. The molecule has 3 rings (SSSR count). The molecule has 0 aliphatic carbocycles. The highest BCUT2D eigenvalue weighted by Crippen LogP contribution is 2.35. The van der Waals surface area contributed by atoms with E-state index in [4.69, 9.17) is 21.1 Å². The first kappa shape index (κ1) is 22.0. The van der Waals surface area contributed by atoms with Gasteiger partial charge in [0.25, 0.3) is 0 Å². The van der Waals surface area contributed by atoms with Crippen molar-refractivity contribution in [2.24, 2.45) is 5.92 Å². The Balaban J connectivity index is 1.72. The standard InChI is InChI=1S/C18H17ClF4N4O3/c19-11-1-2-12(20)13(7-11)26-16-24-9-14(15(27-16)18(21,22)23)30-17(28)25-8-10-3-5-29-6-4-10/h1-2,7,9-10H,3-6,8H2,(H,25,28)(H,24,26,27). The number of carbonyl (C=O) groups is 1. The molecule has 0 atom stereocenters. The Morgan fingerprint density at radius 3 is 2.73 bits per heavy atom. The van der Waals surface area contributed by atoms with Gasteiger partial charge in [-0.1, -0.05) is 11.6 Å². The normalized spacial score (nSPS) is 15.0. The Bertz CT molecular complexity index is 907. The molecule has 1 saturated heterocycles. The Labute approximate surface area is 173 Å². The number of nitrogens with zero attached hydrogens (tertiary/aromatic N) is 2. The van der Waals surface area contributed by atoms with Crippen LogP contribution in [0.15, 0.2) is 24.4 Å². The van der Waals surface area contributed by atoms with Crippen LogP contribution in [0.1, 0.15) is 18.5 Å². The molecule has 162 valence electrons. The Morgan fingerprint density at radius 2 is 2.03 bits per heavy atom. The zero-order valence-electron chi connectivity index (χ0n) is 15.4. The van der Waals surface area contributed by atoms with E-state index in [9.17, 15) is 22.4 Å². The van der Waals surface area contributed by atoms with Crippen molar-refractivity contribution < 1.29 is 31.8 Å². The lowest BCUT2D eigenvalue weighted by Crippen LogP contribution is -2.34. The SMILES string of the molecule is O=C(NCC1CCOCC1)Oc1cnc(Nc2cc(Cl)ccc2F)nc1C(F)(F)F.